The van der Waals surface area contributed by atoms with Gasteiger partial charge >= 0.3 is 5.97 Å². The number of carboxylic acid groups (broad SMARTS) is 1. The van der Waals surface area contributed by atoms with E-state index in [4.69, 9.17) is 0 Å². The number of hydrogen-bond acceptors (Lipinski definition) is 4. The van der Waals surface area contributed by atoms with Gasteiger partial charge < -0.3 is 20.6 Å². The molecule has 2 aliphatic rings. The van der Waals surface area contributed by atoms with Crippen molar-refractivity contribution in [3.63, 3.8) is 0 Å². The van der Waals surface area contributed by atoms with Gasteiger partial charge in [0, 0.05) is 17.1 Å². The Morgan fingerprint density at radius 2 is 1.64 bits per heavy atom. The fourth-order valence-corrected chi connectivity index (χ4v) is 6.24. The number of allylic oxidation sites excluding steroid dienone is 2. The van der Waals surface area contributed by atoms with E-state index in [2.05, 4.69) is 10.6 Å². The molecule has 2 amide bonds. The topological polar surface area (TPSA) is 98.7 Å². The van der Waals surface area contributed by atoms with Crippen molar-refractivity contribution in [1.82, 2.24) is 5.32 Å². The SMILES string of the molecule is CC(C)CC(C(=O)NC1CCc2ccccc2N(Cc2cccc(Nc3ccccc3)c2)C1=O)C1(C(=O)O)CC=CC1. The molecule has 1 heterocycles. The van der Waals surface area contributed by atoms with Gasteiger partial charge in [-0.2, -0.15) is 0 Å². The first-order valence-corrected chi connectivity index (χ1v) is 14.8. The summed E-state index contributed by atoms with van der Waals surface area (Å²) in [5.74, 6) is -2.11. The summed E-state index contributed by atoms with van der Waals surface area (Å²) in [5.41, 5.74) is 3.53. The van der Waals surface area contributed by atoms with E-state index >= 15 is 0 Å². The number of hydrogen-bond donors (Lipinski definition) is 3. The molecule has 3 aromatic carbocycles. The fourth-order valence-electron chi connectivity index (χ4n) is 6.24. The number of para-hydroxylation sites is 2. The highest BCUT2D eigenvalue weighted by Crippen LogP contribution is 2.44. The van der Waals surface area contributed by atoms with Gasteiger partial charge in [-0.05, 0) is 79.5 Å². The van der Waals surface area contributed by atoms with Crippen LogP contribution in [0.2, 0.25) is 0 Å². The largest absolute Gasteiger partial charge is 0.481 e. The maximum atomic E-state index is 14.2. The van der Waals surface area contributed by atoms with E-state index in [0.717, 1.165) is 28.2 Å². The summed E-state index contributed by atoms with van der Waals surface area (Å²) < 4.78 is 0. The molecule has 0 bridgehead atoms. The summed E-state index contributed by atoms with van der Waals surface area (Å²) in [6.07, 6.45) is 5.84. The first-order chi connectivity index (χ1) is 20.3. The minimum Gasteiger partial charge on any atom is -0.481 e. The predicted octanol–water partition coefficient (Wildman–Crippen LogP) is 6.48. The van der Waals surface area contributed by atoms with Crippen LogP contribution in [0.4, 0.5) is 17.1 Å². The number of carbonyl (C=O) groups excluding carboxylic acids is 2. The normalized spacial score (nSPS) is 18.3. The third-order valence-electron chi connectivity index (χ3n) is 8.44. The van der Waals surface area contributed by atoms with Gasteiger partial charge in [0.05, 0.1) is 17.9 Å². The molecule has 2 atom stereocenters. The number of benzene rings is 3. The third-order valence-corrected chi connectivity index (χ3v) is 8.44. The summed E-state index contributed by atoms with van der Waals surface area (Å²) in [7, 11) is 0. The molecule has 0 saturated carbocycles. The van der Waals surface area contributed by atoms with Crippen LogP contribution in [0.5, 0.6) is 0 Å². The zero-order chi connectivity index (χ0) is 29.7. The van der Waals surface area contributed by atoms with Gasteiger partial charge in [-0.1, -0.05) is 74.5 Å². The molecule has 1 aliphatic carbocycles. The molecule has 0 spiro atoms. The van der Waals surface area contributed by atoms with E-state index in [-0.39, 0.29) is 17.7 Å². The summed E-state index contributed by atoms with van der Waals surface area (Å²) in [6.45, 7) is 4.33. The standard InChI is InChI=1S/C35H39N3O4/c1-24(2)21-29(35(34(41)42)19-8-9-20-35)32(39)37-30-18-17-26-12-6-7-16-31(26)38(33(30)40)23-25-11-10-15-28(22-25)36-27-13-4-3-5-14-27/h3-16,22,24,29-30,36H,17-21,23H2,1-2H3,(H,37,39)(H,41,42). The zero-order valence-electron chi connectivity index (χ0n) is 24.3. The molecule has 42 heavy (non-hydrogen) atoms. The number of amides is 2. The summed E-state index contributed by atoms with van der Waals surface area (Å²) >= 11 is 0. The van der Waals surface area contributed by atoms with Crippen molar-refractivity contribution in [2.45, 2.75) is 58.5 Å². The Balaban J connectivity index is 1.40. The van der Waals surface area contributed by atoms with Gasteiger partial charge in [0.25, 0.3) is 0 Å². The smallest absolute Gasteiger partial charge is 0.311 e. The zero-order valence-corrected chi connectivity index (χ0v) is 24.3. The Morgan fingerprint density at radius 3 is 2.36 bits per heavy atom. The van der Waals surface area contributed by atoms with E-state index < -0.39 is 23.3 Å². The number of rotatable bonds is 10. The molecule has 5 rings (SSSR count). The summed E-state index contributed by atoms with van der Waals surface area (Å²) in [5, 5.41) is 16.7. The van der Waals surface area contributed by atoms with E-state index in [1.54, 1.807) is 4.90 Å². The van der Waals surface area contributed by atoms with Crippen LogP contribution in [-0.4, -0.2) is 28.9 Å². The molecular weight excluding hydrogens is 526 g/mol. The lowest BCUT2D eigenvalue weighted by molar-refractivity contribution is -0.157. The molecule has 3 N–H and O–H groups in total. The van der Waals surface area contributed by atoms with Gasteiger partial charge in [-0.25, -0.2) is 0 Å². The maximum Gasteiger partial charge on any atom is 0.311 e. The molecule has 2 unspecified atom stereocenters. The monoisotopic (exact) mass is 565 g/mol. The van der Waals surface area contributed by atoms with Gasteiger partial charge in [0.1, 0.15) is 6.04 Å². The van der Waals surface area contributed by atoms with Crippen LogP contribution in [0.3, 0.4) is 0 Å². The number of nitrogens with one attached hydrogen (secondary N) is 2. The van der Waals surface area contributed by atoms with Crippen molar-refractivity contribution in [2.24, 2.45) is 17.3 Å². The van der Waals surface area contributed by atoms with Crippen molar-refractivity contribution in [3.05, 3.63) is 102 Å². The lowest BCUT2D eigenvalue weighted by Gasteiger charge is -2.35. The molecule has 3 aromatic rings. The number of nitrogens with zero attached hydrogens (tertiary/aromatic N) is 1. The Bertz CT molecular complexity index is 1460. The van der Waals surface area contributed by atoms with Crippen LogP contribution >= 0.6 is 0 Å². The van der Waals surface area contributed by atoms with Crippen LogP contribution in [0, 0.1) is 17.3 Å². The van der Waals surface area contributed by atoms with E-state index in [0.29, 0.717) is 38.6 Å². The fraction of sp³-hybridized carbons (Fsp3) is 0.343. The van der Waals surface area contributed by atoms with Gasteiger partial charge in [0.15, 0.2) is 0 Å². The van der Waals surface area contributed by atoms with Crippen molar-refractivity contribution in [3.8, 4) is 0 Å². The molecule has 1 aliphatic heterocycles. The van der Waals surface area contributed by atoms with Crippen LogP contribution in [0.25, 0.3) is 0 Å². The van der Waals surface area contributed by atoms with Gasteiger partial charge in [0.2, 0.25) is 11.8 Å². The average molecular weight is 566 g/mol. The van der Waals surface area contributed by atoms with Crippen LogP contribution in [0.15, 0.2) is 91.0 Å². The highest BCUT2D eigenvalue weighted by atomic mass is 16.4. The molecule has 7 heteroatoms. The lowest BCUT2D eigenvalue weighted by atomic mass is 9.69. The highest BCUT2D eigenvalue weighted by Gasteiger charge is 2.50. The van der Waals surface area contributed by atoms with Crippen LogP contribution in [0.1, 0.15) is 50.7 Å². The highest BCUT2D eigenvalue weighted by molar-refractivity contribution is 6.01. The van der Waals surface area contributed by atoms with Crippen molar-refractivity contribution in [2.75, 3.05) is 10.2 Å². The number of carbonyl (C=O) groups is 3. The number of anilines is 3. The second-order valence-electron chi connectivity index (χ2n) is 11.9. The molecule has 218 valence electrons. The molecule has 0 radical (unpaired) electrons. The Morgan fingerprint density at radius 1 is 0.952 bits per heavy atom. The summed E-state index contributed by atoms with van der Waals surface area (Å²) in [4.78, 5) is 42.3. The van der Waals surface area contributed by atoms with Crippen LogP contribution in [-0.2, 0) is 27.3 Å². The first kappa shape index (κ1) is 29.1. The van der Waals surface area contributed by atoms with E-state index in [9.17, 15) is 19.5 Å². The third kappa shape index (κ3) is 6.25. The van der Waals surface area contributed by atoms with Gasteiger partial charge in [-0.15, -0.1) is 0 Å². The number of aryl methyl sites for hydroxylation is 1. The first-order valence-electron chi connectivity index (χ1n) is 14.8. The molecular formula is C35H39N3O4. The van der Waals surface area contributed by atoms with Crippen molar-refractivity contribution < 1.29 is 19.5 Å². The Kier molecular flexibility index (Phi) is 8.76. The number of fused-ring (bicyclic) bond motifs is 1. The molecule has 7 nitrogen and oxygen atoms in total. The second kappa shape index (κ2) is 12.6. The average Bonchev–Trinajstić information content (AvgIpc) is 3.44. The van der Waals surface area contributed by atoms with E-state index in [1.165, 1.54) is 0 Å². The minimum atomic E-state index is -1.18. The number of aliphatic carboxylic acids is 1. The van der Waals surface area contributed by atoms with Crippen molar-refractivity contribution >= 4 is 34.8 Å². The molecule has 0 aromatic heterocycles. The quantitative estimate of drug-likeness (QED) is 0.245. The molecule has 0 saturated heterocycles. The van der Waals surface area contributed by atoms with Crippen molar-refractivity contribution in [1.29, 1.82) is 0 Å². The lowest BCUT2D eigenvalue weighted by Crippen LogP contribution is -2.53. The predicted molar refractivity (Wildman–Crippen MR) is 165 cm³/mol. The van der Waals surface area contributed by atoms with Gasteiger partial charge in [-0.3, -0.25) is 14.4 Å². The number of carboxylic acids is 1. The maximum absolute atomic E-state index is 14.2. The Labute approximate surface area is 247 Å². The minimum absolute atomic E-state index is 0.125. The molecule has 0 fully saturated rings. The second-order valence-corrected chi connectivity index (χ2v) is 11.9. The summed E-state index contributed by atoms with van der Waals surface area (Å²) in [6, 6.07) is 25.0. The van der Waals surface area contributed by atoms with E-state index in [1.807, 2.05) is 105 Å². The Hall–Kier alpha value is -4.39. The van der Waals surface area contributed by atoms with Crippen LogP contribution < -0.4 is 15.5 Å².